The lowest BCUT2D eigenvalue weighted by Gasteiger charge is -2.19. The van der Waals surface area contributed by atoms with Gasteiger partial charge in [0.2, 0.25) is 0 Å². The molecule has 0 saturated carbocycles. The molecular weight excluding hydrogens is 373 g/mol. The first-order valence-electron chi connectivity index (χ1n) is 8.45. The molecule has 1 N–H and O–H groups in total. The molecule has 0 amide bonds. The molecule has 5 nitrogen and oxygen atoms in total. The maximum Gasteiger partial charge on any atom is 0.573 e. The fraction of sp³-hybridized carbons (Fsp3) is 0.150. The van der Waals surface area contributed by atoms with Gasteiger partial charge in [-0.25, -0.2) is 4.98 Å². The van der Waals surface area contributed by atoms with Gasteiger partial charge in [0, 0.05) is 18.0 Å². The van der Waals surface area contributed by atoms with Crippen LogP contribution in [0.25, 0.3) is 11.1 Å². The molecule has 1 aromatic heterocycles. The van der Waals surface area contributed by atoms with Crippen LogP contribution in [0.5, 0.6) is 17.2 Å². The average Bonchev–Trinajstić information content (AvgIpc) is 2.67. The van der Waals surface area contributed by atoms with Gasteiger partial charge < -0.3 is 19.5 Å². The van der Waals surface area contributed by atoms with Crippen molar-refractivity contribution in [2.24, 2.45) is 0 Å². The molecule has 8 heteroatoms. The smallest absolute Gasteiger partial charge is 0.486 e. The number of pyridine rings is 1. The predicted octanol–water partition coefficient (Wildman–Crippen LogP) is 5.16. The Balaban J connectivity index is 1.51. The van der Waals surface area contributed by atoms with Crippen molar-refractivity contribution in [1.29, 1.82) is 0 Å². The van der Waals surface area contributed by atoms with E-state index in [0.29, 0.717) is 30.5 Å². The van der Waals surface area contributed by atoms with Crippen LogP contribution in [-0.2, 0) is 0 Å². The standard InChI is InChI=1S/C20H15F3N2O3/c21-20(22,23)28-16-4-1-13(2-5-16)14-7-8-24-19(11-14)25-15-3-6-17-18(12-15)27-10-9-26-17/h1-8,11-12H,9-10H2,(H,24,25). The van der Waals surface area contributed by atoms with Gasteiger partial charge in [-0.05, 0) is 47.5 Å². The van der Waals surface area contributed by atoms with Crippen molar-refractivity contribution in [3.63, 3.8) is 0 Å². The van der Waals surface area contributed by atoms with E-state index in [1.54, 1.807) is 30.5 Å². The molecule has 0 saturated heterocycles. The molecule has 2 heterocycles. The van der Waals surface area contributed by atoms with Gasteiger partial charge in [0.05, 0.1) is 0 Å². The number of halogens is 3. The summed E-state index contributed by atoms with van der Waals surface area (Å²) in [5.74, 6) is 1.68. The van der Waals surface area contributed by atoms with Gasteiger partial charge >= 0.3 is 6.36 Å². The third kappa shape index (κ3) is 4.28. The fourth-order valence-corrected chi connectivity index (χ4v) is 2.80. The number of fused-ring (bicyclic) bond motifs is 1. The number of ether oxygens (including phenoxy) is 3. The van der Waals surface area contributed by atoms with Crippen LogP contribution in [0, 0.1) is 0 Å². The summed E-state index contributed by atoms with van der Waals surface area (Å²) in [6, 6.07) is 14.7. The van der Waals surface area contributed by atoms with Crippen LogP contribution in [0.1, 0.15) is 0 Å². The van der Waals surface area contributed by atoms with Gasteiger partial charge in [-0.3, -0.25) is 0 Å². The minimum Gasteiger partial charge on any atom is -0.486 e. The number of anilines is 2. The van der Waals surface area contributed by atoms with Gasteiger partial charge in [-0.15, -0.1) is 13.2 Å². The molecule has 1 aliphatic rings. The Bertz CT molecular complexity index is 975. The molecule has 0 bridgehead atoms. The minimum atomic E-state index is -4.71. The summed E-state index contributed by atoms with van der Waals surface area (Å²) in [4.78, 5) is 4.28. The van der Waals surface area contributed by atoms with Crippen molar-refractivity contribution in [1.82, 2.24) is 4.98 Å². The van der Waals surface area contributed by atoms with E-state index < -0.39 is 6.36 Å². The largest absolute Gasteiger partial charge is 0.573 e. The van der Waals surface area contributed by atoms with Crippen molar-refractivity contribution in [2.45, 2.75) is 6.36 Å². The molecule has 0 spiro atoms. The normalized spacial score (nSPS) is 13.1. The zero-order valence-corrected chi connectivity index (χ0v) is 14.5. The first kappa shape index (κ1) is 18.0. The quantitative estimate of drug-likeness (QED) is 0.669. The number of hydrogen-bond donors (Lipinski definition) is 1. The van der Waals surface area contributed by atoms with E-state index in [2.05, 4.69) is 15.0 Å². The van der Waals surface area contributed by atoms with Crippen LogP contribution in [-0.4, -0.2) is 24.6 Å². The molecule has 0 radical (unpaired) electrons. The van der Waals surface area contributed by atoms with E-state index in [1.165, 1.54) is 12.1 Å². The van der Waals surface area contributed by atoms with E-state index >= 15 is 0 Å². The third-order valence-electron chi connectivity index (χ3n) is 4.00. The average molecular weight is 388 g/mol. The van der Waals surface area contributed by atoms with E-state index in [-0.39, 0.29) is 5.75 Å². The molecule has 4 rings (SSSR count). The lowest BCUT2D eigenvalue weighted by atomic mass is 10.1. The molecular formula is C20H15F3N2O3. The Morgan fingerprint density at radius 2 is 1.61 bits per heavy atom. The van der Waals surface area contributed by atoms with Gasteiger partial charge in [0.25, 0.3) is 0 Å². The molecule has 2 aromatic carbocycles. The Kier molecular flexibility index (Phi) is 4.68. The molecule has 1 aliphatic heterocycles. The zero-order valence-electron chi connectivity index (χ0n) is 14.5. The third-order valence-corrected chi connectivity index (χ3v) is 4.00. The van der Waals surface area contributed by atoms with Crippen molar-refractivity contribution < 1.29 is 27.4 Å². The molecule has 0 aliphatic carbocycles. The van der Waals surface area contributed by atoms with E-state index in [4.69, 9.17) is 9.47 Å². The highest BCUT2D eigenvalue weighted by molar-refractivity contribution is 5.69. The van der Waals surface area contributed by atoms with Gasteiger partial charge in [-0.2, -0.15) is 0 Å². The van der Waals surface area contributed by atoms with Gasteiger partial charge in [0.1, 0.15) is 24.8 Å². The second-order valence-electron chi connectivity index (χ2n) is 5.99. The molecule has 0 fully saturated rings. The minimum absolute atomic E-state index is 0.264. The Morgan fingerprint density at radius 1 is 0.857 bits per heavy atom. The summed E-state index contributed by atoms with van der Waals surface area (Å²) in [5.41, 5.74) is 2.32. The number of rotatable bonds is 4. The summed E-state index contributed by atoms with van der Waals surface area (Å²) in [6.07, 6.45) is -3.09. The summed E-state index contributed by atoms with van der Waals surface area (Å²) < 4.78 is 51.8. The van der Waals surface area contributed by atoms with Crippen molar-refractivity contribution in [3.8, 4) is 28.4 Å². The van der Waals surface area contributed by atoms with Crippen LogP contribution in [0.15, 0.2) is 60.8 Å². The first-order chi connectivity index (χ1) is 13.5. The second-order valence-corrected chi connectivity index (χ2v) is 5.99. The van der Waals surface area contributed by atoms with Crippen LogP contribution in [0.2, 0.25) is 0 Å². The lowest BCUT2D eigenvalue weighted by molar-refractivity contribution is -0.274. The lowest BCUT2D eigenvalue weighted by Crippen LogP contribution is -2.16. The van der Waals surface area contributed by atoms with Crippen molar-refractivity contribution in [2.75, 3.05) is 18.5 Å². The Morgan fingerprint density at radius 3 is 2.36 bits per heavy atom. The maximum atomic E-state index is 12.3. The molecule has 0 atom stereocenters. The molecule has 28 heavy (non-hydrogen) atoms. The SMILES string of the molecule is FC(F)(F)Oc1ccc(-c2ccnc(Nc3ccc4c(c3)OCCO4)c2)cc1. The molecule has 0 unspecified atom stereocenters. The number of aromatic nitrogens is 1. The highest BCUT2D eigenvalue weighted by atomic mass is 19.4. The first-order valence-corrected chi connectivity index (χ1v) is 8.45. The van der Waals surface area contributed by atoms with Crippen LogP contribution in [0.4, 0.5) is 24.7 Å². The van der Waals surface area contributed by atoms with Crippen LogP contribution < -0.4 is 19.5 Å². The van der Waals surface area contributed by atoms with Gasteiger partial charge in [0.15, 0.2) is 11.5 Å². The molecule has 144 valence electrons. The van der Waals surface area contributed by atoms with Crippen molar-refractivity contribution in [3.05, 3.63) is 60.8 Å². The summed E-state index contributed by atoms with van der Waals surface area (Å²) >= 11 is 0. The monoisotopic (exact) mass is 388 g/mol. The Labute approximate surface area is 158 Å². The Hall–Kier alpha value is -3.42. The van der Waals surface area contributed by atoms with Gasteiger partial charge in [-0.1, -0.05) is 12.1 Å². The predicted molar refractivity (Wildman–Crippen MR) is 97.1 cm³/mol. The van der Waals surface area contributed by atoms with E-state index in [1.807, 2.05) is 18.2 Å². The number of alkyl halides is 3. The maximum absolute atomic E-state index is 12.3. The van der Waals surface area contributed by atoms with Crippen molar-refractivity contribution >= 4 is 11.5 Å². The van der Waals surface area contributed by atoms with E-state index in [0.717, 1.165) is 16.8 Å². The number of benzene rings is 2. The number of hydrogen-bond acceptors (Lipinski definition) is 5. The van der Waals surface area contributed by atoms with Crippen LogP contribution in [0.3, 0.4) is 0 Å². The summed E-state index contributed by atoms with van der Waals surface area (Å²) in [7, 11) is 0. The summed E-state index contributed by atoms with van der Waals surface area (Å²) in [6.45, 7) is 1.02. The number of nitrogens with one attached hydrogen (secondary N) is 1. The molecule has 3 aromatic rings. The van der Waals surface area contributed by atoms with Crippen LogP contribution >= 0.6 is 0 Å². The zero-order chi connectivity index (χ0) is 19.6. The van der Waals surface area contributed by atoms with E-state index in [9.17, 15) is 13.2 Å². The highest BCUT2D eigenvalue weighted by Crippen LogP contribution is 2.34. The second kappa shape index (κ2) is 7.30. The fourth-order valence-electron chi connectivity index (χ4n) is 2.80. The highest BCUT2D eigenvalue weighted by Gasteiger charge is 2.30. The summed E-state index contributed by atoms with van der Waals surface area (Å²) in [5, 5.41) is 3.19. The topological polar surface area (TPSA) is 52.6 Å². The number of nitrogens with zero attached hydrogens (tertiary/aromatic N) is 1.